The number of aliphatic hydroxyl groups excluding tert-OH is 1. The van der Waals surface area contributed by atoms with Crippen LogP contribution in [0, 0.1) is 23.7 Å². The molecule has 0 radical (unpaired) electrons. The Morgan fingerprint density at radius 3 is 2.68 bits per heavy atom. The SMILES string of the molecule is CC(C)CC#Cc1cnc2c(c1)C(=O)N([C@@H](C)CO)C[C@@H](C)[C@@H](CN(C)Cc1cncnc1)O2. The summed E-state index contributed by atoms with van der Waals surface area (Å²) in [6.07, 6.45) is 7.34. The Morgan fingerprint density at radius 2 is 2.00 bits per heavy atom. The van der Waals surface area contributed by atoms with E-state index in [4.69, 9.17) is 4.74 Å². The second-order valence-corrected chi connectivity index (χ2v) is 9.54. The van der Waals surface area contributed by atoms with Crippen LogP contribution in [0.5, 0.6) is 5.88 Å². The van der Waals surface area contributed by atoms with E-state index in [1.165, 1.54) is 6.33 Å². The molecule has 0 unspecified atom stereocenters. The molecule has 2 aromatic heterocycles. The van der Waals surface area contributed by atoms with Gasteiger partial charge in [-0.15, -0.1) is 0 Å². The van der Waals surface area contributed by atoms with Crippen molar-refractivity contribution in [3.8, 4) is 17.7 Å². The van der Waals surface area contributed by atoms with Crippen LogP contribution in [0.25, 0.3) is 0 Å². The lowest BCUT2D eigenvalue weighted by atomic mass is 9.99. The topological polar surface area (TPSA) is 91.7 Å². The van der Waals surface area contributed by atoms with Crippen molar-refractivity contribution in [1.29, 1.82) is 0 Å². The van der Waals surface area contributed by atoms with Crippen LogP contribution in [0.4, 0.5) is 0 Å². The normalized spacial score (nSPS) is 19.1. The molecule has 2 aromatic rings. The minimum absolute atomic E-state index is 0.0212. The zero-order chi connectivity index (χ0) is 24.7. The summed E-state index contributed by atoms with van der Waals surface area (Å²) in [6.45, 7) is 9.79. The highest BCUT2D eigenvalue weighted by Gasteiger charge is 2.34. The quantitative estimate of drug-likeness (QED) is 0.629. The number of hydrogen-bond acceptors (Lipinski definition) is 7. The number of carbonyl (C=O) groups excluding carboxylic acids is 1. The minimum atomic E-state index is -0.323. The standard InChI is InChI=1S/C26H35N5O3/c1-18(2)7-6-8-21-9-23-25(29-12-21)34-24(15-30(5)14-22-10-27-17-28-11-22)19(3)13-31(26(23)33)20(4)16-32/h9-12,17-20,24,32H,7,13-16H2,1-5H3/t19-,20+,24-/m1/s1. The molecule has 8 nitrogen and oxygen atoms in total. The Kier molecular flexibility index (Phi) is 8.97. The van der Waals surface area contributed by atoms with Crippen molar-refractivity contribution in [2.45, 2.75) is 52.8 Å². The highest BCUT2D eigenvalue weighted by atomic mass is 16.5. The van der Waals surface area contributed by atoms with Gasteiger partial charge in [0.05, 0.1) is 12.6 Å². The van der Waals surface area contributed by atoms with Crippen LogP contribution in [-0.4, -0.2) is 74.7 Å². The zero-order valence-electron chi connectivity index (χ0n) is 20.7. The molecule has 8 heteroatoms. The van der Waals surface area contributed by atoms with Crippen LogP contribution >= 0.6 is 0 Å². The van der Waals surface area contributed by atoms with Gasteiger partial charge in [-0.3, -0.25) is 9.69 Å². The van der Waals surface area contributed by atoms with Crippen molar-refractivity contribution in [3.63, 3.8) is 0 Å². The molecular formula is C26H35N5O3. The third-order valence-corrected chi connectivity index (χ3v) is 5.82. The lowest BCUT2D eigenvalue weighted by Crippen LogP contribution is -2.49. The number of carbonyl (C=O) groups is 1. The van der Waals surface area contributed by atoms with Crippen molar-refractivity contribution in [3.05, 3.63) is 47.7 Å². The molecular weight excluding hydrogens is 430 g/mol. The van der Waals surface area contributed by atoms with Crippen LogP contribution in [0.1, 0.15) is 55.6 Å². The van der Waals surface area contributed by atoms with Crippen molar-refractivity contribution < 1.29 is 14.6 Å². The van der Waals surface area contributed by atoms with E-state index in [9.17, 15) is 9.90 Å². The first-order valence-corrected chi connectivity index (χ1v) is 11.8. The third-order valence-electron chi connectivity index (χ3n) is 5.82. The molecule has 1 amide bonds. The molecule has 182 valence electrons. The first-order chi connectivity index (χ1) is 16.3. The van der Waals surface area contributed by atoms with Crippen LogP contribution in [0.3, 0.4) is 0 Å². The van der Waals surface area contributed by atoms with E-state index in [2.05, 4.69) is 52.5 Å². The number of aromatic nitrogens is 3. The Balaban J connectivity index is 1.89. The molecule has 3 rings (SSSR count). The Hall–Kier alpha value is -3.02. The number of rotatable bonds is 7. The molecule has 3 atom stereocenters. The molecule has 3 heterocycles. The van der Waals surface area contributed by atoms with Gasteiger partial charge in [0, 0.05) is 61.7 Å². The van der Waals surface area contributed by atoms with Gasteiger partial charge in [0.1, 0.15) is 18.0 Å². The van der Waals surface area contributed by atoms with E-state index >= 15 is 0 Å². The summed E-state index contributed by atoms with van der Waals surface area (Å²) in [5.74, 6) is 6.86. The zero-order valence-corrected chi connectivity index (χ0v) is 20.7. The van der Waals surface area contributed by atoms with E-state index < -0.39 is 0 Å². The number of nitrogens with zero attached hydrogens (tertiary/aromatic N) is 5. The van der Waals surface area contributed by atoms with Gasteiger partial charge in [-0.05, 0) is 26.0 Å². The highest BCUT2D eigenvalue weighted by molar-refractivity contribution is 5.97. The van der Waals surface area contributed by atoms with Gasteiger partial charge in [-0.2, -0.15) is 0 Å². The van der Waals surface area contributed by atoms with Crippen molar-refractivity contribution >= 4 is 5.91 Å². The maximum Gasteiger partial charge on any atom is 0.259 e. The van der Waals surface area contributed by atoms with Gasteiger partial charge in [0.25, 0.3) is 5.91 Å². The highest BCUT2D eigenvalue weighted by Crippen LogP contribution is 2.27. The van der Waals surface area contributed by atoms with E-state index in [-0.39, 0.29) is 30.6 Å². The first kappa shape index (κ1) is 25.6. The average Bonchev–Trinajstić information content (AvgIpc) is 2.81. The van der Waals surface area contributed by atoms with Crippen LogP contribution in [0.2, 0.25) is 0 Å². The molecule has 1 N–H and O–H groups in total. The molecule has 1 aliphatic heterocycles. The van der Waals surface area contributed by atoms with Gasteiger partial charge < -0.3 is 14.7 Å². The number of pyridine rings is 1. The van der Waals surface area contributed by atoms with Crippen molar-refractivity contribution in [2.24, 2.45) is 11.8 Å². The van der Waals surface area contributed by atoms with E-state index in [0.717, 1.165) is 12.0 Å². The Labute approximate surface area is 202 Å². The molecule has 0 saturated carbocycles. The van der Waals surface area contributed by atoms with Crippen LogP contribution in [-0.2, 0) is 6.54 Å². The van der Waals surface area contributed by atoms with Gasteiger partial charge in [0.15, 0.2) is 0 Å². The fourth-order valence-electron chi connectivity index (χ4n) is 3.84. The molecule has 0 aliphatic carbocycles. The number of fused-ring (bicyclic) bond motifs is 1. The summed E-state index contributed by atoms with van der Waals surface area (Å²) in [4.78, 5) is 30.0. The van der Waals surface area contributed by atoms with Crippen LogP contribution < -0.4 is 4.74 Å². The van der Waals surface area contributed by atoms with Crippen LogP contribution in [0.15, 0.2) is 31.0 Å². The average molecular weight is 466 g/mol. The summed E-state index contributed by atoms with van der Waals surface area (Å²) in [6, 6.07) is 1.43. The fourth-order valence-corrected chi connectivity index (χ4v) is 3.84. The van der Waals surface area contributed by atoms with Gasteiger partial charge in [-0.1, -0.05) is 32.6 Å². The van der Waals surface area contributed by atoms with E-state index in [0.29, 0.717) is 42.6 Å². The third kappa shape index (κ3) is 6.75. The molecule has 0 spiro atoms. The molecule has 34 heavy (non-hydrogen) atoms. The smallest absolute Gasteiger partial charge is 0.259 e. The second-order valence-electron chi connectivity index (χ2n) is 9.54. The predicted octanol–water partition coefficient (Wildman–Crippen LogP) is 2.62. The van der Waals surface area contributed by atoms with E-state index in [1.807, 2.05) is 14.0 Å². The molecule has 0 fully saturated rings. The Morgan fingerprint density at radius 1 is 1.26 bits per heavy atom. The Bertz CT molecular complexity index is 1020. The molecule has 0 aromatic carbocycles. The first-order valence-electron chi connectivity index (χ1n) is 11.8. The molecule has 0 bridgehead atoms. The van der Waals surface area contributed by atoms with Crippen molar-refractivity contribution in [2.75, 3.05) is 26.7 Å². The maximum atomic E-state index is 13.5. The summed E-state index contributed by atoms with van der Waals surface area (Å²) in [5, 5.41) is 9.82. The van der Waals surface area contributed by atoms with Gasteiger partial charge in [0.2, 0.25) is 5.88 Å². The largest absolute Gasteiger partial charge is 0.472 e. The van der Waals surface area contributed by atoms with Gasteiger partial charge in [-0.25, -0.2) is 15.0 Å². The number of ether oxygens (including phenoxy) is 1. The lowest BCUT2D eigenvalue weighted by molar-refractivity contribution is 0.0325. The fraction of sp³-hybridized carbons (Fsp3) is 0.538. The predicted molar refractivity (Wildman–Crippen MR) is 130 cm³/mol. The number of likely N-dealkylation sites (N-methyl/N-ethyl adjacent to an activating group) is 1. The summed E-state index contributed by atoms with van der Waals surface area (Å²) in [7, 11) is 2.02. The van der Waals surface area contributed by atoms with Gasteiger partial charge >= 0.3 is 0 Å². The van der Waals surface area contributed by atoms with Crippen molar-refractivity contribution in [1.82, 2.24) is 24.8 Å². The second kappa shape index (κ2) is 11.9. The summed E-state index contributed by atoms with van der Waals surface area (Å²) >= 11 is 0. The van der Waals surface area contributed by atoms with E-state index in [1.54, 1.807) is 29.6 Å². The molecule has 0 saturated heterocycles. The summed E-state index contributed by atoms with van der Waals surface area (Å²) < 4.78 is 6.35. The maximum absolute atomic E-state index is 13.5. The minimum Gasteiger partial charge on any atom is -0.472 e. The lowest BCUT2D eigenvalue weighted by Gasteiger charge is -2.37. The molecule has 1 aliphatic rings. The number of amides is 1. The number of aliphatic hydroxyl groups is 1. The summed E-state index contributed by atoms with van der Waals surface area (Å²) in [5.41, 5.74) is 2.07. The monoisotopic (exact) mass is 465 g/mol. The number of hydrogen-bond donors (Lipinski definition) is 1.